The van der Waals surface area contributed by atoms with E-state index in [1.165, 1.54) is 22.2 Å². The number of amides is 1. The van der Waals surface area contributed by atoms with Gasteiger partial charge in [-0.2, -0.15) is 9.61 Å². The highest BCUT2D eigenvalue weighted by Crippen LogP contribution is 2.40. The molecule has 1 atom stereocenters. The Hall–Kier alpha value is -2.85. The number of carbonyl (C=O) groups excluding carboxylic acids is 1. The van der Waals surface area contributed by atoms with Gasteiger partial charge in [-0.1, -0.05) is 23.5 Å². The molecule has 10 heteroatoms. The number of fused-ring (bicyclic) bond motifs is 1. The highest BCUT2D eigenvalue weighted by molar-refractivity contribution is 7.17. The molecule has 1 aliphatic heterocycles. The number of benzene rings is 1. The molecule has 1 N–H and O–H groups in total. The molecule has 0 bridgehead atoms. The summed E-state index contributed by atoms with van der Waals surface area (Å²) in [6, 6.07) is 7.60. The van der Waals surface area contributed by atoms with Gasteiger partial charge in [-0.05, 0) is 24.6 Å². The van der Waals surface area contributed by atoms with Crippen LogP contribution in [0.15, 0.2) is 30.6 Å². The maximum atomic E-state index is 12.0. The van der Waals surface area contributed by atoms with Crippen LogP contribution in [0.2, 0.25) is 0 Å². The number of aromatic nitrogens is 3. The number of hydrogen-bond acceptors (Lipinski definition) is 8. The van der Waals surface area contributed by atoms with Gasteiger partial charge in [0.05, 0.1) is 24.6 Å². The average Bonchev–Trinajstić information content (AvgIpc) is 3.32. The number of ether oxygens (including phenoxy) is 2. The Balaban J connectivity index is 1.67. The first-order valence-electron chi connectivity index (χ1n) is 9.43. The molecule has 29 heavy (non-hydrogen) atoms. The van der Waals surface area contributed by atoms with Gasteiger partial charge in [0.25, 0.3) is 0 Å². The molecular formula is C19H23N5O4S. The van der Waals surface area contributed by atoms with Gasteiger partial charge in [0.1, 0.15) is 12.1 Å². The smallest absolute Gasteiger partial charge is 0.409 e. The molecule has 3 heterocycles. The van der Waals surface area contributed by atoms with Crippen LogP contribution in [-0.2, 0) is 4.74 Å². The summed E-state index contributed by atoms with van der Waals surface area (Å²) in [6.07, 6.45) is 1.14. The van der Waals surface area contributed by atoms with Crippen LogP contribution in [0.25, 0.3) is 4.96 Å². The lowest BCUT2D eigenvalue weighted by Gasteiger charge is -2.38. The average molecular weight is 417 g/mol. The quantitative estimate of drug-likeness (QED) is 0.681. The molecule has 1 amide bonds. The van der Waals surface area contributed by atoms with E-state index < -0.39 is 0 Å². The molecule has 1 fully saturated rings. The van der Waals surface area contributed by atoms with Crippen LogP contribution in [0.3, 0.4) is 0 Å². The van der Waals surface area contributed by atoms with Crippen LogP contribution < -0.4 is 4.74 Å². The van der Waals surface area contributed by atoms with Gasteiger partial charge in [-0.25, -0.2) is 9.78 Å². The molecule has 1 aromatic carbocycles. The van der Waals surface area contributed by atoms with Crippen LogP contribution in [0, 0.1) is 0 Å². The molecule has 2 aromatic heterocycles. The Bertz CT molecular complexity index is 996. The van der Waals surface area contributed by atoms with Crippen molar-refractivity contribution in [2.75, 3.05) is 39.9 Å². The predicted octanol–water partition coefficient (Wildman–Crippen LogP) is 2.37. The van der Waals surface area contributed by atoms with Crippen LogP contribution in [0.1, 0.15) is 23.4 Å². The van der Waals surface area contributed by atoms with E-state index in [-0.39, 0.29) is 18.0 Å². The van der Waals surface area contributed by atoms with Crippen LogP contribution in [0.5, 0.6) is 11.6 Å². The van der Waals surface area contributed by atoms with Crippen molar-refractivity contribution in [1.82, 2.24) is 24.4 Å². The van der Waals surface area contributed by atoms with E-state index in [0.717, 1.165) is 16.2 Å². The Labute approximate surface area is 172 Å². The zero-order valence-corrected chi connectivity index (χ0v) is 17.1. The van der Waals surface area contributed by atoms with Gasteiger partial charge < -0.3 is 19.5 Å². The Morgan fingerprint density at radius 1 is 1.31 bits per heavy atom. The van der Waals surface area contributed by atoms with E-state index >= 15 is 0 Å². The lowest BCUT2D eigenvalue weighted by atomic mass is 10.0. The summed E-state index contributed by atoms with van der Waals surface area (Å²) >= 11 is 1.41. The molecular weight excluding hydrogens is 394 g/mol. The van der Waals surface area contributed by atoms with Crippen molar-refractivity contribution in [1.29, 1.82) is 0 Å². The summed E-state index contributed by atoms with van der Waals surface area (Å²) in [4.78, 5) is 21.6. The largest absolute Gasteiger partial charge is 0.497 e. The van der Waals surface area contributed by atoms with Crippen LogP contribution in [-0.4, -0.2) is 75.5 Å². The third-order valence-electron chi connectivity index (χ3n) is 5.00. The minimum absolute atomic E-state index is 0.0862. The fourth-order valence-electron chi connectivity index (χ4n) is 3.59. The van der Waals surface area contributed by atoms with Crippen molar-refractivity contribution in [3.05, 3.63) is 41.0 Å². The van der Waals surface area contributed by atoms with E-state index in [1.54, 1.807) is 18.9 Å². The maximum absolute atomic E-state index is 12.0. The maximum Gasteiger partial charge on any atom is 0.409 e. The Morgan fingerprint density at radius 3 is 2.79 bits per heavy atom. The second kappa shape index (κ2) is 8.26. The molecule has 0 saturated carbocycles. The second-order valence-electron chi connectivity index (χ2n) is 6.65. The second-order valence-corrected chi connectivity index (χ2v) is 7.65. The monoisotopic (exact) mass is 417 g/mol. The topological polar surface area (TPSA) is 92.4 Å². The number of carbonyl (C=O) groups is 1. The van der Waals surface area contributed by atoms with Crippen molar-refractivity contribution in [2.24, 2.45) is 0 Å². The SMILES string of the molecule is CCOC(=O)N1CCN([C@@H](c2cccc(OC)c2)c2sc3ncnn3c2O)CC1. The molecule has 4 rings (SSSR count). The summed E-state index contributed by atoms with van der Waals surface area (Å²) in [6.45, 7) is 4.57. The standard InChI is InChI=1S/C19H23N5O4S/c1-3-28-19(26)23-9-7-22(8-10-23)15(13-5-4-6-14(11-13)27-2)16-17(25)24-18(29-16)20-12-21-24/h4-6,11-12,15,25H,3,7-10H2,1-2H3/t15-/m0/s1. The normalized spacial score (nSPS) is 16.1. The summed E-state index contributed by atoms with van der Waals surface area (Å²) in [5.74, 6) is 0.833. The Morgan fingerprint density at radius 2 is 2.10 bits per heavy atom. The Kier molecular flexibility index (Phi) is 5.54. The number of methoxy groups -OCH3 is 1. The van der Waals surface area contributed by atoms with Crippen LogP contribution >= 0.6 is 11.3 Å². The van der Waals surface area contributed by atoms with Gasteiger partial charge in [-0.15, -0.1) is 0 Å². The number of hydrogen-bond donors (Lipinski definition) is 1. The first kappa shape index (κ1) is 19.5. The van der Waals surface area contributed by atoms with Crippen molar-refractivity contribution in [2.45, 2.75) is 13.0 Å². The van der Waals surface area contributed by atoms with Gasteiger partial charge in [0.2, 0.25) is 10.8 Å². The van der Waals surface area contributed by atoms with Crippen molar-refractivity contribution < 1.29 is 19.4 Å². The highest BCUT2D eigenvalue weighted by atomic mass is 32.1. The number of piperazine rings is 1. The zero-order chi connectivity index (χ0) is 20.4. The molecule has 1 aliphatic rings. The van der Waals surface area contributed by atoms with E-state index in [9.17, 15) is 9.90 Å². The lowest BCUT2D eigenvalue weighted by Crippen LogP contribution is -2.49. The van der Waals surface area contributed by atoms with E-state index in [1.807, 2.05) is 24.3 Å². The minimum Gasteiger partial charge on any atom is -0.497 e. The highest BCUT2D eigenvalue weighted by Gasteiger charge is 2.32. The molecule has 0 aliphatic carbocycles. The van der Waals surface area contributed by atoms with E-state index in [0.29, 0.717) is 37.7 Å². The molecule has 0 unspecified atom stereocenters. The third-order valence-corrected chi connectivity index (χ3v) is 6.09. The van der Waals surface area contributed by atoms with Crippen LogP contribution in [0.4, 0.5) is 4.79 Å². The molecule has 1 saturated heterocycles. The summed E-state index contributed by atoms with van der Waals surface area (Å²) in [7, 11) is 1.63. The summed E-state index contributed by atoms with van der Waals surface area (Å²) in [5.41, 5.74) is 0.994. The fourth-order valence-corrected chi connectivity index (χ4v) is 4.68. The van der Waals surface area contributed by atoms with E-state index in [4.69, 9.17) is 9.47 Å². The first-order valence-corrected chi connectivity index (χ1v) is 10.2. The van der Waals surface area contributed by atoms with Gasteiger partial charge in [0.15, 0.2) is 0 Å². The molecule has 0 spiro atoms. The summed E-state index contributed by atoms with van der Waals surface area (Å²) < 4.78 is 12.0. The summed E-state index contributed by atoms with van der Waals surface area (Å²) in [5, 5.41) is 14.9. The number of rotatable bonds is 5. The van der Waals surface area contributed by atoms with Crippen molar-refractivity contribution >= 4 is 22.4 Å². The molecule has 3 aromatic rings. The third kappa shape index (κ3) is 3.73. The minimum atomic E-state index is -0.285. The van der Waals surface area contributed by atoms with Gasteiger partial charge in [-0.3, -0.25) is 4.90 Å². The fraction of sp³-hybridized carbons (Fsp3) is 0.421. The number of nitrogens with zero attached hydrogens (tertiary/aromatic N) is 5. The number of aromatic hydroxyl groups is 1. The predicted molar refractivity (Wildman–Crippen MR) is 108 cm³/mol. The zero-order valence-electron chi connectivity index (χ0n) is 16.3. The van der Waals surface area contributed by atoms with Gasteiger partial charge >= 0.3 is 6.09 Å². The molecule has 0 radical (unpaired) electrons. The first-order chi connectivity index (χ1) is 14.1. The van der Waals surface area contributed by atoms with Crippen molar-refractivity contribution in [3.63, 3.8) is 0 Å². The van der Waals surface area contributed by atoms with Crippen molar-refractivity contribution in [3.8, 4) is 11.6 Å². The van der Waals surface area contributed by atoms with Gasteiger partial charge in [0, 0.05) is 26.2 Å². The van der Waals surface area contributed by atoms with E-state index in [2.05, 4.69) is 15.0 Å². The molecule has 154 valence electrons. The number of thiazole rings is 1. The molecule has 9 nitrogen and oxygen atoms in total. The lowest BCUT2D eigenvalue weighted by molar-refractivity contribution is 0.0715.